The number of halogens is 1. The molecule has 0 saturated heterocycles. The van der Waals surface area contributed by atoms with Gasteiger partial charge >= 0.3 is 0 Å². The van der Waals surface area contributed by atoms with Crippen molar-refractivity contribution in [2.24, 2.45) is 0 Å². The number of hydrogen-bond acceptors (Lipinski definition) is 3. The highest BCUT2D eigenvalue weighted by Crippen LogP contribution is 2.34. The Bertz CT molecular complexity index is 613. The highest BCUT2D eigenvalue weighted by atomic mass is 35.5. The maximum Gasteiger partial charge on any atom is 0.136 e. The van der Waals surface area contributed by atoms with Crippen LogP contribution in [0.3, 0.4) is 0 Å². The molecule has 4 heteroatoms. The Morgan fingerprint density at radius 3 is 2.89 bits per heavy atom. The number of benzene rings is 1. The van der Waals surface area contributed by atoms with Crippen molar-refractivity contribution in [1.29, 1.82) is 0 Å². The van der Waals surface area contributed by atoms with Gasteiger partial charge in [0.2, 0.25) is 0 Å². The first-order valence-corrected chi connectivity index (χ1v) is 7.76. The number of hydrogen-bond donors (Lipinski definition) is 0. The molecular weight excluding hydrogens is 276 g/mol. The van der Waals surface area contributed by atoms with E-state index < -0.39 is 0 Å². The molecule has 1 aromatic carbocycles. The van der Waals surface area contributed by atoms with Gasteiger partial charge < -0.3 is 0 Å². The average molecular weight is 291 g/mol. The fourth-order valence-corrected chi connectivity index (χ4v) is 3.83. The van der Waals surface area contributed by atoms with Gasteiger partial charge in [0.05, 0.1) is 0 Å². The lowest BCUT2D eigenvalue weighted by molar-refractivity contribution is 0.911. The van der Waals surface area contributed by atoms with Crippen LogP contribution in [0, 0.1) is 0 Å². The lowest BCUT2D eigenvalue weighted by Gasteiger charge is -2.08. The van der Waals surface area contributed by atoms with Gasteiger partial charge in [-0.25, -0.2) is 9.97 Å². The van der Waals surface area contributed by atoms with E-state index in [4.69, 9.17) is 11.6 Å². The predicted octanol–water partition coefficient (Wildman–Crippen LogP) is 4.33. The average Bonchev–Trinajstić information content (AvgIpc) is 2.86. The molecule has 0 aliphatic heterocycles. The van der Waals surface area contributed by atoms with E-state index in [1.54, 1.807) is 11.8 Å². The first-order valence-electron chi connectivity index (χ1n) is 6.57. The minimum absolute atomic E-state index is 0.571. The zero-order valence-electron chi connectivity index (χ0n) is 10.8. The molecule has 0 bridgehead atoms. The third kappa shape index (κ3) is 2.63. The van der Waals surface area contributed by atoms with E-state index in [0.29, 0.717) is 5.15 Å². The Morgan fingerprint density at radius 1 is 1.21 bits per heavy atom. The van der Waals surface area contributed by atoms with E-state index in [-0.39, 0.29) is 0 Å². The summed E-state index contributed by atoms with van der Waals surface area (Å²) in [6.45, 7) is 2.08. The molecule has 3 rings (SSSR count). The van der Waals surface area contributed by atoms with Crippen molar-refractivity contribution in [3.8, 4) is 0 Å². The van der Waals surface area contributed by atoms with Crippen molar-refractivity contribution in [1.82, 2.24) is 9.97 Å². The van der Waals surface area contributed by atoms with E-state index in [9.17, 15) is 0 Å². The molecule has 1 heterocycles. The maximum absolute atomic E-state index is 6.13. The number of fused-ring (bicyclic) bond motifs is 1. The van der Waals surface area contributed by atoms with Gasteiger partial charge in [-0.1, -0.05) is 36.4 Å². The molecule has 1 aliphatic carbocycles. The van der Waals surface area contributed by atoms with Crippen LogP contribution in [0.1, 0.15) is 30.0 Å². The molecule has 1 aliphatic rings. The molecule has 0 radical (unpaired) electrons. The molecule has 0 spiro atoms. The first kappa shape index (κ1) is 12.9. The lowest BCUT2D eigenvalue weighted by Crippen LogP contribution is -1.94. The highest BCUT2D eigenvalue weighted by molar-refractivity contribution is 7.99. The summed E-state index contributed by atoms with van der Waals surface area (Å²) in [6.07, 6.45) is 6.10. The minimum Gasteiger partial charge on any atom is -0.229 e. The second-order valence-electron chi connectivity index (χ2n) is 4.69. The van der Waals surface area contributed by atoms with Gasteiger partial charge in [0.25, 0.3) is 0 Å². The van der Waals surface area contributed by atoms with Gasteiger partial charge in [-0.2, -0.15) is 0 Å². The van der Waals surface area contributed by atoms with Crippen molar-refractivity contribution in [2.45, 2.75) is 42.5 Å². The Balaban J connectivity index is 1.91. The minimum atomic E-state index is 0.571. The summed E-state index contributed by atoms with van der Waals surface area (Å²) >= 11 is 7.81. The van der Waals surface area contributed by atoms with Crippen LogP contribution in [-0.2, 0) is 19.3 Å². The van der Waals surface area contributed by atoms with Crippen LogP contribution < -0.4 is 0 Å². The Kier molecular flexibility index (Phi) is 3.76. The molecule has 98 valence electrons. The standard InChI is InChI=1S/C15H15ClN2S/c1-2-13-14(16)17-9-18-15(13)19-12-7-6-10-4-3-5-11(10)8-12/h6-9H,2-5H2,1H3. The van der Waals surface area contributed by atoms with Crippen LogP contribution in [0.5, 0.6) is 0 Å². The second kappa shape index (κ2) is 5.51. The van der Waals surface area contributed by atoms with Crippen LogP contribution >= 0.6 is 23.4 Å². The Labute approximate surface area is 122 Å². The van der Waals surface area contributed by atoms with E-state index in [1.165, 1.54) is 41.6 Å². The molecule has 19 heavy (non-hydrogen) atoms. The number of aromatic nitrogens is 2. The van der Waals surface area contributed by atoms with Crippen molar-refractivity contribution in [2.75, 3.05) is 0 Å². The summed E-state index contributed by atoms with van der Waals surface area (Å²) in [5.74, 6) is 0. The molecule has 0 fully saturated rings. The molecule has 0 N–H and O–H groups in total. The van der Waals surface area contributed by atoms with Crippen LogP contribution in [-0.4, -0.2) is 9.97 Å². The zero-order chi connectivity index (χ0) is 13.2. The summed E-state index contributed by atoms with van der Waals surface area (Å²) in [6, 6.07) is 6.73. The summed E-state index contributed by atoms with van der Waals surface area (Å²) in [4.78, 5) is 9.66. The summed E-state index contributed by atoms with van der Waals surface area (Å²) in [5, 5.41) is 1.54. The largest absolute Gasteiger partial charge is 0.229 e. The molecule has 1 aromatic heterocycles. The zero-order valence-corrected chi connectivity index (χ0v) is 12.4. The molecule has 0 atom stereocenters. The number of aryl methyl sites for hydroxylation is 2. The van der Waals surface area contributed by atoms with E-state index in [1.807, 2.05) is 0 Å². The Morgan fingerprint density at radius 2 is 2.05 bits per heavy atom. The second-order valence-corrected chi connectivity index (χ2v) is 6.11. The molecule has 0 saturated carbocycles. The highest BCUT2D eigenvalue weighted by Gasteiger charge is 2.13. The molecule has 2 nitrogen and oxygen atoms in total. The van der Waals surface area contributed by atoms with Gasteiger partial charge in [-0.3, -0.25) is 0 Å². The molecule has 0 amide bonds. The monoisotopic (exact) mass is 290 g/mol. The fraction of sp³-hybridized carbons (Fsp3) is 0.333. The quantitative estimate of drug-likeness (QED) is 0.787. The van der Waals surface area contributed by atoms with Gasteiger partial charge in [0, 0.05) is 10.5 Å². The van der Waals surface area contributed by atoms with Crippen LogP contribution in [0.2, 0.25) is 5.15 Å². The predicted molar refractivity (Wildman–Crippen MR) is 79.0 cm³/mol. The van der Waals surface area contributed by atoms with Gasteiger partial charge in [0.15, 0.2) is 0 Å². The van der Waals surface area contributed by atoms with Crippen LogP contribution in [0.25, 0.3) is 0 Å². The van der Waals surface area contributed by atoms with E-state index in [0.717, 1.165) is 17.0 Å². The van der Waals surface area contributed by atoms with E-state index in [2.05, 4.69) is 35.1 Å². The SMILES string of the molecule is CCc1c(Cl)ncnc1Sc1ccc2c(c1)CCC2. The van der Waals surface area contributed by atoms with Crippen molar-refractivity contribution in [3.63, 3.8) is 0 Å². The van der Waals surface area contributed by atoms with Gasteiger partial charge in [-0.05, 0) is 48.9 Å². The molecule has 2 aromatic rings. The van der Waals surface area contributed by atoms with Crippen LogP contribution in [0.15, 0.2) is 34.4 Å². The topological polar surface area (TPSA) is 25.8 Å². The van der Waals surface area contributed by atoms with Crippen LogP contribution in [0.4, 0.5) is 0 Å². The van der Waals surface area contributed by atoms with Crippen molar-refractivity contribution in [3.05, 3.63) is 46.4 Å². The third-order valence-electron chi connectivity index (χ3n) is 3.49. The number of nitrogens with zero attached hydrogens (tertiary/aromatic N) is 2. The summed E-state index contributed by atoms with van der Waals surface area (Å²) in [7, 11) is 0. The number of rotatable bonds is 3. The molecular formula is C15H15ClN2S. The summed E-state index contributed by atoms with van der Waals surface area (Å²) < 4.78 is 0. The van der Waals surface area contributed by atoms with Crippen molar-refractivity contribution < 1.29 is 0 Å². The summed E-state index contributed by atoms with van der Waals surface area (Å²) in [5.41, 5.74) is 4.03. The first-order chi connectivity index (χ1) is 9.28. The molecule has 0 unspecified atom stereocenters. The van der Waals surface area contributed by atoms with Gasteiger partial charge in [0.1, 0.15) is 16.5 Å². The Hall–Kier alpha value is -1.06. The van der Waals surface area contributed by atoms with Gasteiger partial charge in [-0.15, -0.1) is 0 Å². The van der Waals surface area contributed by atoms with E-state index >= 15 is 0 Å². The third-order valence-corrected chi connectivity index (χ3v) is 4.85. The normalized spacial score (nSPS) is 13.6. The van der Waals surface area contributed by atoms with Crippen molar-refractivity contribution >= 4 is 23.4 Å². The lowest BCUT2D eigenvalue weighted by atomic mass is 10.1. The maximum atomic E-state index is 6.13. The smallest absolute Gasteiger partial charge is 0.136 e. The fourth-order valence-electron chi connectivity index (χ4n) is 2.48.